The van der Waals surface area contributed by atoms with Crippen LogP contribution in [0.15, 0.2) is 18.2 Å². The Kier molecular flexibility index (Phi) is 6.30. The lowest BCUT2D eigenvalue weighted by Crippen LogP contribution is -2.42. The Labute approximate surface area is 156 Å². The molecule has 0 spiro atoms. The van der Waals surface area contributed by atoms with Crippen molar-refractivity contribution in [3.63, 3.8) is 0 Å². The van der Waals surface area contributed by atoms with E-state index in [2.05, 4.69) is 16.3 Å². The summed E-state index contributed by atoms with van der Waals surface area (Å²) in [5.41, 5.74) is 3.16. The average molecular weight is 357 g/mol. The summed E-state index contributed by atoms with van der Waals surface area (Å²) in [6.45, 7) is 8.72. The van der Waals surface area contributed by atoms with Gasteiger partial charge in [-0.15, -0.1) is 0 Å². The van der Waals surface area contributed by atoms with Crippen LogP contribution in [0.5, 0.6) is 0 Å². The van der Waals surface area contributed by atoms with Gasteiger partial charge in [0.2, 0.25) is 11.8 Å². The van der Waals surface area contributed by atoms with Crippen LogP contribution in [0.25, 0.3) is 0 Å². The molecule has 1 aromatic carbocycles. The van der Waals surface area contributed by atoms with Crippen molar-refractivity contribution in [2.45, 2.75) is 46.0 Å². The topological polar surface area (TPSA) is 52.7 Å². The summed E-state index contributed by atoms with van der Waals surface area (Å²) in [4.78, 5) is 28.6. The van der Waals surface area contributed by atoms with Crippen LogP contribution in [-0.4, -0.2) is 54.3 Å². The molecule has 5 nitrogen and oxygen atoms in total. The van der Waals surface area contributed by atoms with Gasteiger partial charge >= 0.3 is 0 Å². The van der Waals surface area contributed by atoms with Crippen molar-refractivity contribution in [2.75, 3.05) is 38.0 Å². The number of piperidine rings is 1. The number of aryl methyl sites for hydroxylation is 2. The van der Waals surface area contributed by atoms with Gasteiger partial charge in [0.25, 0.3) is 0 Å². The Hall–Kier alpha value is -1.88. The molecule has 142 valence electrons. The van der Waals surface area contributed by atoms with E-state index in [9.17, 15) is 9.59 Å². The predicted octanol–water partition coefficient (Wildman–Crippen LogP) is 2.97. The third kappa shape index (κ3) is 5.07. The smallest absolute Gasteiger partial charge is 0.225 e. The SMILES string of the molecule is Cc1ccc(C)c(NC(=O)CCN2CCC[C@@H](CN3CCCC3=O)C2)c1. The second-order valence-electron chi connectivity index (χ2n) is 7.87. The van der Waals surface area contributed by atoms with Crippen LogP contribution in [0.1, 0.15) is 43.2 Å². The zero-order chi connectivity index (χ0) is 18.5. The van der Waals surface area contributed by atoms with E-state index in [0.717, 1.165) is 68.8 Å². The molecule has 5 heteroatoms. The summed E-state index contributed by atoms with van der Waals surface area (Å²) in [6.07, 6.45) is 4.59. The molecule has 0 bridgehead atoms. The second kappa shape index (κ2) is 8.67. The molecule has 26 heavy (non-hydrogen) atoms. The van der Waals surface area contributed by atoms with Gasteiger partial charge in [0.15, 0.2) is 0 Å². The van der Waals surface area contributed by atoms with Crippen molar-refractivity contribution in [3.8, 4) is 0 Å². The number of rotatable bonds is 6. The number of nitrogens with one attached hydrogen (secondary N) is 1. The van der Waals surface area contributed by atoms with Crippen molar-refractivity contribution in [1.29, 1.82) is 0 Å². The molecular weight excluding hydrogens is 326 g/mol. The van der Waals surface area contributed by atoms with E-state index in [4.69, 9.17) is 0 Å². The summed E-state index contributed by atoms with van der Waals surface area (Å²) in [6, 6.07) is 6.13. The minimum Gasteiger partial charge on any atom is -0.342 e. The van der Waals surface area contributed by atoms with E-state index in [1.807, 2.05) is 30.9 Å². The summed E-state index contributed by atoms with van der Waals surface area (Å²) >= 11 is 0. The summed E-state index contributed by atoms with van der Waals surface area (Å²) < 4.78 is 0. The highest BCUT2D eigenvalue weighted by molar-refractivity contribution is 5.91. The largest absolute Gasteiger partial charge is 0.342 e. The van der Waals surface area contributed by atoms with Gasteiger partial charge in [-0.2, -0.15) is 0 Å². The molecule has 2 fully saturated rings. The van der Waals surface area contributed by atoms with E-state index >= 15 is 0 Å². The van der Waals surface area contributed by atoms with Gasteiger partial charge in [-0.1, -0.05) is 12.1 Å². The van der Waals surface area contributed by atoms with Crippen LogP contribution >= 0.6 is 0 Å². The standard InChI is InChI=1S/C21H31N3O2/c1-16-7-8-17(2)19(13-16)22-20(25)9-12-23-10-3-5-18(14-23)15-24-11-4-6-21(24)26/h7-8,13,18H,3-6,9-12,14-15H2,1-2H3,(H,22,25)/t18-/m1/s1. The van der Waals surface area contributed by atoms with Gasteiger partial charge in [0.05, 0.1) is 0 Å². The number of amides is 2. The Morgan fingerprint density at radius 3 is 2.85 bits per heavy atom. The van der Waals surface area contributed by atoms with E-state index in [-0.39, 0.29) is 5.91 Å². The van der Waals surface area contributed by atoms with E-state index in [1.54, 1.807) is 0 Å². The van der Waals surface area contributed by atoms with E-state index < -0.39 is 0 Å². The van der Waals surface area contributed by atoms with Gasteiger partial charge in [-0.05, 0) is 62.8 Å². The molecule has 2 saturated heterocycles. The molecule has 1 N–H and O–H groups in total. The number of anilines is 1. The maximum absolute atomic E-state index is 12.3. The van der Waals surface area contributed by atoms with Crippen LogP contribution in [0.2, 0.25) is 0 Å². The fourth-order valence-electron chi connectivity index (χ4n) is 4.06. The van der Waals surface area contributed by atoms with Gasteiger partial charge in [-0.3, -0.25) is 9.59 Å². The van der Waals surface area contributed by atoms with Crippen LogP contribution in [0, 0.1) is 19.8 Å². The quantitative estimate of drug-likeness (QED) is 0.852. The van der Waals surface area contributed by atoms with Crippen LogP contribution in [-0.2, 0) is 9.59 Å². The summed E-state index contributed by atoms with van der Waals surface area (Å²) in [5.74, 6) is 0.943. The first-order valence-electron chi connectivity index (χ1n) is 9.88. The highest BCUT2D eigenvalue weighted by atomic mass is 16.2. The lowest BCUT2D eigenvalue weighted by atomic mass is 9.97. The number of nitrogens with zero attached hydrogens (tertiary/aromatic N) is 2. The maximum atomic E-state index is 12.3. The number of carbonyl (C=O) groups excluding carboxylic acids is 2. The molecule has 0 radical (unpaired) electrons. The predicted molar refractivity (Wildman–Crippen MR) is 104 cm³/mol. The fourth-order valence-corrected chi connectivity index (χ4v) is 4.06. The maximum Gasteiger partial charge on any atom is 0.225 e. The Bertz CT molecular complexity index is 659. The molecule has 0 unspecified atom stereocenters. The molecule has 2 aliphatic rings. The Morgan fingerprint density at radius 1 is 1.23 bits per heavy atom. The fraction of sp³-hybridized carbons (Fsp3) is 0.619. The van der Waals surface area contributed by atoms with Gasteiger partial charge in [0.1, 0.15) is 0 Å². The highest BCUT2D eigenvalue weighted by Gasteiger charge is 2.26. The third-order valence-corrected chi connectivity index (χ3v) is 5.58. The third-order valence-electron chi connectivity index (χ3n) is 5.58. The molecule has 2 amide bonds. The van der Waals surface area contributed by atoms with Crippen molar-refractivity contribution in [3.05, 3.63) is 29.3 Å². The van der Waals surface area contributed by atoms with E-state index in [0.29, 0.717) is 18.2 Å². The molecule has 2 aliphatic heterocycles. The van der Waals surface area contributed by atoms with Crippen molar-refractivity contribution in [2.24, 2.45) is 5.92 Å². The average Bonchev–Trinajstić information content (AvgIpc) is 3.01. The molecule has 2 heterocycles. The number of hydrogen-bond acceptors (Lipinski definition) is 3. The number of carbonyl (C=O) groups is 2. The molecule has 0 aliphatic carbocycles. The Balaban J connectivity index is 1.44. The summed E-state index contributed by atoms with van der Waals surface area (Å²) in [5, 5.41) is 3.05. The van der Waals surface area contributed by atoms with Crippen LogP contribution in [0.3, 0.4) is 0 Å². The summed E-state index contributed by atoms with van der Waals surface area (Å²) in [7, 11) is 0. The number of likely N-dealkylation sites (tertiary alicyclic amines) is 2. The second-order valence-corrected chi connectivity index (χ2v) is 7.87. The van der Waals surface area contributed by atoms with Crippen LogP contribution in [0.4, 0.5) is 5.69 Å². The molecule has 1 atom stereocenters. The number of benzene rings is 1. The molecular formula is C21H31N3O2. The minimum absolute atomic E-state index is 0.0792. The van der Waals surface area contributed by atoms with Crippen molar-refractivity contribution < 1.29 is 9.59 Å². The zero-order valence-electron chi connectivity index (χ0n) is 16.1. The zero-order valence-corrected chi connectivity index (χ0v) is 16.1. The lowest BCUT2D eigenvalue weighted by molar-refractivity contribution is -0.128. The van der Waals surface area contributed by atoms with Crippen LogP contribution < -0.4 is 5.32 Å². The van der Waals surface area contributed by atoms with Gasteiger partial charge < -0.3 is 15.1 Å². The minimum atomic E-state index is 0.0792. The highest BCUT2D eigenvalue weighted by Crippen LogP contribution is 2.21. The van der Waals surface area contributed by atoms with Crippen molar-refractivity contribution >= 4 is 17.5 Å². The molecule has 0 aromatic heterocycles. The monoisotopic (exact) mass is 357 g/mol. The first-order valence-corrected chi connectivity index (χ1v) is 9.88. The Morgan fingerprint density at radius 2 is 2.08 bits per heavy atom. The molecule has 3 rings (SSSR count). The normalized spacial score (nSPS) is 21.2. The molecule has 1 aromatic rings. The number of hydrogen-bond donors (Lipinski definition) is 1. The first-order chi connectivity index (χ1) is 12.5. The van der Waals surface area contributed by atoms with Gasteiger partial charge in [-0.25, -0.2) is 0 Å². The lowest BCUT2D eigenvalue weighted by Gasteiger charge is -2.34. The van der Waals surface area contributed by atoms with Gasteiger partial charge in [0, 0.05) is 44.7 Å². The van der Waals surface area contributed by atoms with E-state index in [1.165, 1.54) is 6.42 Å². The molecule has 0 saturated carbocycles. The van der Waals surface area contributed by atoms with Crippen molar-refractivity contribution in [1.82, 2.24) is 9.80 Å². The first kappa shape index (κ1) is 18.9.